The lowest BCUT2D eigenvalue weighted by Gasteiger charge is -2.07. The van der Waals surface area contributed by atoms with Crippen LogP contribution in [0, 0.1) is 0 Å². The van der Waals surface area contributed by atoms with Gasteiger partial charge in [-0.25, -0.2) is 4.98 Å². The van der Waals surface area contributed by atoms with Crippen LogP contribution in [-0.2, 0) is 6.54 Å². The Balaban J connectivity index is 2.07. The highest BCUT2D eigenvalue weighted by atomic mass is 32.1. The minimum absolute atomic E-state index is 0.0195. The number of ketones is 1. The van der Waals surface area contributed by atoms with Crippen LogP contribution >= 0.6 is 11.3 Å². The smallest absolute Gasteiger partial charge is 0.161 e. The first kappa shape index (κ1) is 11.6. The SMILES string of the molecule is CC(=O)c1ccc(NCc2nccs2)cc1N. The van der Waals surface area contributed by atoms with Crippen LogP contribution in [0.1, 0.15) is 22.3 Å². The molecule has 1 aromatic carbocycles. The van der Waals surface area contributed by atoms with Gasteiger partial charge in [0.25, 0.3) is 0 Å². The van der Waals surface area contributed by atoms with Crippen molar-refractivity contribution in [2.24, 2.45) is 0 Å². The third kappa shape index (κ3) is 2.82. The number of rotatable bonds is 4. The van der Waals surface area contributed by atoms with Crippen LogP contribution in [0.3, 0.4) is 0 Å². The quantitative estimate of drug-likeness (QED) is 0.643. The number of nitrogens with one attached hydrogen (secondary N) is 1. The topological polar surface area (TPSA) is 68.0 Å². The maximum absolute atomic E-state index is 11.2. The highest BCUT2D eigenvalue weighted by Crippen LogP contribution is 2.19. The second-order valence-electron chi connectivity index (χ2n) is 3.64. The molecule has 0 aliphatic heterocycles. The van der Waals surface area contributed by atoms with Crippen LogP contribution in [0.5, 0.6) is 0 Å². The highest BCUT2D eigenvalue weighted by Gasteiger charge is 2.05. The van der Waals surface area contributed by atoms with Crippen molar-refractivity contribution in [2.75, 3.05) is 11.1 Å². The zero-order valence-corrected chi connectivity index (χ0v) is 10.3. The molecule has 3 N–H and O–H groups in total. The van der Waals surface area contributed by atoms with Crippen molar-refractivity contribution < 1.29 is 4.79 Å². The number of anilines is 2. The first-order valence-electron chi connectivity index (χ1n) is 5.19. The maximum atomic E-state index is 11.2. The molecule has 0 radical (unpaired) electrons. The number of Topliss-reactive ketones (excluding diaryl/α,β-unsaturated/α-hetero) is 1. The average molecular weight is 247 g/mol. The van der Waals surface area contributed by atoms with Gasteiger partial charge >= 0.3 is 0 Å². The van der Waals surface area contributed by atoms with Crippen molar-refractivity contribution in [2.45, 2.75) is 13.5 Å². The van der Waals surface area contributed by atoms with Crippen LogP contribution in [0.25, 0.3) is 0 Å². The molecule has 1 aromatic heterocycles. The Morgan fingerprint density at radius 1 is 1.53 bits per heavy atom. The lowest BCUT2D eigenvalue weighted by atomic mass is 10.1. The summed E-state index contributed by atoms with van der Waals surface area (Å²) in [5.41, 5.74) is 7.75. The zero-order valence-electron chi connectivity index (χ0n) is 9.43. The second-order valence-corrected chi connectivity index (χ2v) is 4.62. The Morgan fingerprint density at radius 3 is 2.94 bits per heavy atom. The monoisotopic (exact) mass is 247 g/mol. The minimum Gasteiger partial charge on any atom is -0.398 e. The number of carbonyl (C=O) groups excluding carboxylic acids is 1. The standard InChI is InChI=1S/C12H13N3OS/c1-8(16)10-3-2-9(6-11(10)13)15-7-12-14-4-5-17-12/h2-6,15H,7,13H2,1H3. The number of nitrogens with zero attached hydrogens (tertiary/aromatic N) is 1. The van der Waals surface area contributed by atoms with Crippen molar-refractivity contribution in [3.05, 3.63) is 40.3 Å². The largest absolute Gasteiger partial charge is 0.398 e. The molecular weight excluding hydrogens is 234 g/mol. The summed E-state index contributed by atoms with van der Waals surface area (Å²) in [5.74, 6) is -0.0195. The van der Waals surface area contributed by atoms with Gasteiger partial charge in [0.15, 0.2) is 5.78 Å². The Bertz CT molecular complexity index is 523. The molecule has 0 spiro atoms. The van der Waals surface area contributed by atoms with E-state index in [1.54, 1.807) is 29.7 Å². The predicted molar refractivity (Wildman–Crippen MR) is 70.3 cm³/mol. The van der Waals surface area contributed by atoms with Gasteiger partial charge in [-0.3, -0.25) is 4.79 Å². The number of nitrogens with two attached hydrogens (primary N) is 1. The highest BCUT2D eigenvalue weighted by molar-refractivity contribution is 7.09. The molecule has 17 heavy (non-hydrogen) atoms. The van der Waals surface area contributed by atoms with E-state index in [2.05, 4.69) is 10.3 Å². The van der Waals surface area contributed by atoms with Gasteiger partial charge in [0.2, 0.25) is 0 Å². The predicted octanol–water partition coefficient (Wildman–Crippen LogP) is 2.54. The molecule has 0 atom stereocenters. The number of hydrogen-bond acceptors (Lipinski definition) is 5. The van der Waals surface area contributed by atoms with E-state index >= 15 is 0 Å². The molecule has 0 amide bonds. The number of hydrogen-bond donors (Lipinski definition) is 2. The first-order valence-corrected chi connectivity index (χ1v) is 6.07. The number of benzene rings is 1. The van der Waals surface area contributed by atoms with E-state index in [1.165, 1.54) is 6.92 Å². The van der Waals surface area contributed by atoms with Gasteiger partial charge in [-0.15, -0.1) is 11.3 Å². The summed E-state index contributed by atoms with van der Waals surface area (Å²) in [6.45, 7) is 2.17. The molecule has 4 nitrogen and oxygen atoms in total. The molecule has 0 saturated carbocycles. The van der Waals surface area contributed by atoms with Crippen molar-refractivity contribution in [3.8, 4) is 0 Å². The van der Waals surface area contributed by atoms with Gasteiger partial charge in [0, 0.05) is 28.5 Å². The number of thiazole rings is 1. The maximum Gasteiger partial charge on any atom is 0.161 e. The Kier molecular flexibility index (Phi) is 3.39. The summed E-state index contributed by atoms with van der Waals surface area (Å²) in [7, 11) is 0. The first-order chi connectivity index (χ1) is 8.16. The fraction of sp³-hybridized carbons (Fsp3) is 0.167. The van der Waals surface area contributed by atoms with Gasteiger partial charge in [-0.05, 0) is 25.1 Å². The molecule has 2 rings (SSSR count). The summed E-state index contributed by atoms with van der Waals surface area (Å²) in [6.07, 6.45) is 1.77. The lowest BCUT2D eigenvalue weighted by Crippen LogP contribution is -2.03. The van der Waals surface area contributed by atoms with E-state index in [0.29, 0.717) is 17.8 Å². The third-order valence-corrected chi connectivity index (χ3v) is 3.14. The molecule has 1 heterocycles. The summed E-state index contributed by atoms with van der Waals surface area (Å²) in [6, 6.07) is 5.35. The van der Waals surface area contributed by atoms with E-state index in [4.69, 9.17) is 5.73 Å². The lowest BCUT2D eigenvalue weighted by molar-refractivity contribution is 0.101. The molecular formula is C12H13N3OS. The molecule has 5 heteroatoms. The van der Waals surface area contributed by atoms with E-state index in [9.17, 15) is 4.79 Å². The molecule has 0 aliphatic carbocycles. The van der Waals surface area contributed by atoms with E-state index < -0.39 is 0 Å². The van der Waals surface area contributed by atoms with Crippen LogP contribution in [0.4, 0.5) is 11.4 Å². The van der Waals surface area contributed by atoms with Gasteiger partial charge in [0.1, 0.15) is 5.01 Å². The molecule has 0 unspecified atom stereocenters. The Labute approximate surface area is 103 Å². The molecule has 0 aliphatic rings. The summed E-state index contributed by atoms with van der Waals surface area (Å²) < 4.78 is 0. The van der Waals surface area contributed by atoms with Gasteiger partial charge in [-0.2, -0.15) is 0 Å². The van der Waals surface area contributed by atoms with Gasteiger partial charge < -0.3 is 11.1 Å². The Hall–Kier alpha value is -1.88. The van der Waals surface area contributed by atoms with Crippen molar-refractivity contribution >= 4 is 28.5 Å². The summed E-state index contributed by atoms with van der Waals surface area (Å²) >= 11 is 1.60. The van der Waals surface area contributed by atoms with E-state index in [1.807, 2.05) is 11.4 Å². The fourth-order valence-electron chi connectivity index (χ4n) is 1.51. The zero-order chi connectivity index (χ0) is 12.3. The van der Waals surface area contributed by atoms with Crippen LogP contribution in [0.15, 0.2) is 29.8 Å². The van der Waals surface area contributed by atoms with Crippen molar-refractivity contribution in [1.29, 1.82) is 0 Å². The summed E-state index contributed by atoms with van der Waals surface area (Å²) in [5, 5.41) is 6.16. The molecule has 2 aromatic rings. The third-order valence-electron chi connectivity index (χ3n) is 2.36. The number of carbonyl (C=O) groups is 1. The van der Waals surface area contributed by atoms with E-state index in [-0.39, 0.29) is 5.78 Å². The average Bonchev–Trinajstić information content (AvgIpc) is 2.78. The van der Waals surface area contributed by atoms with Crippen LogP contribution < -0.4 is 11.1 Å². The number of aromatic nitrogens is 1. The van der Waals surface area contributed by atoms with Crippen molar-refractivity contribution in [3.63, 3.8) is 0 Å². The van der Waals surface area contributed by atoms with Crippen LogP contribution in [-0.4, -0.2) is 10.8 Å². The van der Waals surface area contributed by atoms with Crippen molar-refractivity contribution in [1.82, 2.24) is 4.98 Å². The fourth-order valence-corrected chi connectivity index (χ4v) is 2.07. The van der Waals surface area contributed by atoms with E-state index in [0.717, 1.165) is 10.7 Å². The van der Waals surface area contributed by atoms with Gasteiger partial charge in [0.05, 0.1) is 6.54 Å². The molecule has 88 valence electrons. The normalized spacial score (nSPS) is 10.2. The molecule has 0 fully saturated rings. The molecule has 0 bridgehead atoms. The minimum atomic E-state index is -0.0195. The van der Waals surface area contributed by atoms with Crippen LogP contribution in [0.2, 0.25) is 0 Å². The number of nitrogen functional groups attached to an aromatic ring is 1. The molecule has 0 saturated heterocycles. The Morgan fingerprint density at radius 2 is 2.35 bits per heavy atom. The second kappa shape index (κ2) is 4.97. The summed E-state index contributed by atoms with van der Waals surface area (Å²) in [4.78, 5) is 15.4. The van der Waals surface area contributed by atoms with Gasteiger partial charge in [-0.1, -0.05) is 0 Å².